The lowest BCUT2D eigenvalue weighted by molar-refractivity contribution is -0.137. The molecule has 0 aliphatic carbocycles. The van der Waals surface area contributed by atoms with Gasteiger partial charge < -0.3 is 9.15 Å². The first-order valence-electron chi connectivity index (χ1n) is 7.12. The zero-order valence-electron chi connectivity index (χ0n) is 12.7. The third-order valence-corrected chi connectivity index (χ3v) is 3.29. The van der Waals surface area contributed by atoms with E-state index in [4.69, 9.17) is 4.42 Å². The largest absolute Gasteiger partial charge is 0.464 e. The highest BCUT2D eigenvalue weighted by Crippen LogP contribution is 2.31. The lowest BCUT2D eigenvalue weighted by Crippen LogP contribution is -2.05. The number of alkyl halides is 3. The summed E-state index contributed by atoms with van der Waals surface area (Å²) < 4.78 is 48.0. The summed E-state index contributed by atoms with van der Waals surface area (Å²) >= 11 is 0. The lowest BCUT2D eigenvalue weighted by Gasteiger charge is -2.06. The van der Waals surface area contributed by atoms with Crippen LogP contribution in [0.2, 0.25) is 0 Å². The molecule has 1 aromatic carbocycles. The number of carbonyl (C=O) groups excluding carboxylic acids is 1. The first kappa shape index (κ1) is 17.1. The summed E-state index contributed by atoms with van der Waals surface area (Å²) in [6.07, 6.45) is -2.20. The number of oxazole rings is 1. The van der Waals surface area contributed by atoms with Crippen molar-refractivity contribution in [1.82, 2.24) is 4.98 Å². The third-order valence-electron chi connectivity index (χ3n) is 3.29. The van der Waals surface area contributed by atoms with Crippen molar-refractivity contribution in [2.75, 3.05) is 7.11 Å². The van der Waals surface area contributed by atoms with Crippen molar-refractivity contribution in [1.29, 1.82) is 0 Å². The van der Waals surface area contributed by atoms with Crippen LogP contribution in [0.4, 0.5) is 13.2 Å². The van der Waals surface area contributed by atoms with Gasteiger partial charge in [-0.3, -0.25) is 0 Å². The van der Waals surface area contributed by atoms with E-state index >= 15 is 0 Å². The maximum Gasteiger partial charge on any atom is 0.416 e. The van der Waals surface area contributed by atoms with Crippen LogP contribution in [0.1, 0.15) is 41.6 Å². The van der Waals surface area contributed by atoms with Crippen LogP contribution in [0.5, 0.6) is 0 Å². The van der Waals surface area contributed by atoms with Crippen LogP contribution in [0.15, 0.2) is 28.7 Å². The molecule has 2 rings (SSSR count). The molecule has 0 bridgehead atoms. The van der Waals surface area contributed by atoms with Gasteiger partial charge in [-0.15, -0.1) is 0 Å². The quantitative estimate of drug-likeness (QED) is 0.759. The molecule has 0 unspecified atom stereocenters. The highest BCUT2D eigenvalue weighted by molar-refractivity contribution is 5.88. The fourth-order valence-corrected chi connectivity index (χ4v) is 2.04. The van der Waals surface area contributed by atoms with Crippen LogP contribution >= 0.6 is 0 Å². The van der Waals surface area contributed by atoms with Gasteiger partial charge in [0.1, 0.15) is 5.76 Å². The minimum Gasteiger partial charge on any atom is -0.464 e. The topological polar surface area (TPSA) is 52.3 Å². The van der Waals surface area contributed by atoms with E-state index in [9.17, 15) is 18.0 Å². The predicted octanol–water partition coefficient (Wildman–Crippen LogP) is 4.49. The van der Waals surface area contributed by atoms with E-state index in [0.29, 0.717) is 17.7 Å². The number of hydrogen-bond acceptors (Lipinski definition) is 4. The molecule has 0 amide bonds. The Morgan fingerprint density at radius 1 is 1.26 bits per heavy atom. The minimum atomic E-state index is -4.40. The van der Waals surface area contributed by atoms with Gasteiger partial charge in [-0.25, -0.2) is 9.78 Å². The molecule has 0 N–H and O–H groups in total. The van der Waals surface area contributed by atoms with Crippen molar-refractivity contribution in [2.24, 2.45) is 0 Å². The first-order valence-corrected chi connectivity index (χ1v) is 7.12. The number of halogens is 3. The van der Waals surface area contributed by atoms with E-state index < -0.39 is 17.7 Å². The van der Waals surface area contributed by atoms with Gasteiger partial charge >= 0.3 is 12.1 Å². The molecular formula is C16H16F3NO3. The number of aromatic nitrogens is 1. The number of methoxy groups -OCH3 is 1. The van der Waals surface area contributed by atoms with Crippen LogP contribution in [0, 0.1) is 0 Å². The second kappa shape index (κ2) is 6.85. The van der Waals surface area contributed by atoms with Gasteiger partial charge in [0.05, 0.1) is 12.7 Å². The first-order chi connectivity index (χ1) is 10.9. The summed E-state index contributed by atoms with van der Waals surface area (Å²) in [6, 6.07) is 4.42. The Bertz CT molecular complexity index is 675. The maximum atomic E-state index is 12.6. The SMILES string of the molecule is CCCCc1oc(-c2ccc(C(F)(F)F)cc2)nc1C(=O)OC. The number of unbranched alkanes of at least 4 members (excludes halogenated alkanes) is 1. The van der Waals surface area contributed by atoms with Gasteiger partial charge in [0.15, 0.2) is 5.69 Å². The van der Waals surface area contributed by atoms with Crippen LogP contribution in [-0.2, 0) is 17.3 Å². The number of carbonyl (C=O) groups is 1. The molecule has 0 saturated heterocycles. The van der Waals surface area contributed by atoms with E-state index in [-0.39, 0.29) is 11.6 Å². The predicted molar refractivity (Wildman–Crippen MR) is 76.9 cm³/mol. The molecule has 1 aromatic heterocycles. The monoisotopic (exact) mass is 327 g/mol. The molecule has 124 valence electrons. The number of rotatable bonds is 5. The summed E-state index contributed by atoms with van der Waals surface area (Å²) in [7, 11) is 1.23. The standard InChI is InChI=1S/C16H16F3NO3/c1-3-4-5-12-13(15(21)22-2)20-14(23-12)10-6-8-11(9-7-10)16(17,18)19/h6-9H,3-5H2,1-2H3. The Hall–Kier alpha value is -2.31. The van der Waals surface area contributed by atoms with E-state index in [1.807, 2.05) is 6.92 Å². The Morgan fingerprint density at radius 3 is 2.43 bits per heavy atom. The summed E-state index contributed by atoms with van der Waals surface area (Å²) in [5, 5.41) is 0. The minimum absolute atomic E-state index is 0.0656. The number of nitrogens with zero attached hydrogens (tertiary/aromatic N) is 1. The van der Waals surface area contributed by atoms with Gasteiger partial charge in [-0.2, -0.15) is 13.2 Å². The Morgan fingerprint density at radius 2 is 1.91 bits per heavy atom. The van der Waals surface area contributed by atoms with Crippen molar-refractivity contribution >= 4 is 5.97 Å². The molecule has 0 radical (unpaired) electrons. The maximum absolute atomic E-state index is 12.6. The van der Waals surface area contributed by atoms with Crippen molar-refractivity contribution in [3.05, 3.63) is 41.3 Å². The van der Waals surface area contributed by atoms with Crippen LogP contribution < -0.4 is 0 Å². The van der Waals surface area contributed by atoms with Gasteiger partial charge in [0.2, 0.25) is 5.89 Å². The normalized spacial score (nSPS) is 11.5. The number of esters is 1. The molecule has 4 nitrogen and oxygen atoms in total. The number of ether oxygens (including phenoxy) is 1. The van der Waals surface area contributed by atoms with Crippen molar-refractivity contribution in [3.63, 3.8) is 0 Å². The summed E-state index contributed by atoms with van der Waals surface area (Å²) in [5.74, 6) is -0.142. The van der Waals surface area contributed by atoms with Crippen molar-refractivity contribution in [2.45, 2.75) is 32.4 Å². The molecule has 2 aromatic rings. The smallest absolute Gasteiger partial charge is 0.416 e. The average molecular weight is 327 g/mol. The van der Waals surface area contributed by atoms with Crippen LogP contribution in [0.25, 0.3) is 11.5 Å². The fourth-order valence-electron chi connectivity index (χ4n) is 2.04. The molecule has 0 atom stereocenters. The molecule has 0 spiro atoms. The number of hydrogen-bond donors (Lipinski definition) is 0. The van der Waals surface area contributed by atoms with Gasteiger partial charge in [0.25, 0.3) is 0 Å². The fraction of sp³-hybridized carbons (Fsp3) is 0.375. The summed E-state index contributed by atoms with van der Waals surface area (Å²) in [5.41, 5.74) is -0.325. The number of benzene rings is 1. The van der Waals surface area contributed by atoms with Crippen LogP contribution in [-0.4, -0.2) is 18.1 Å². The molecule has 7 heteroatoms. The highest BCUT2D eigenvalue weighted by atomic mass is 19.4. The second-order valence-corrected chi connectivity index (χ2v) is 4.96. The molecule has 0 fully saturated rings. The summed E-state index contributed by atoms with van der Waals surface area (Å²) in [4.78, 5) is 15.8. The van der Waals surface area contributed by atoms with Crippen molar-refractivity contribution < 1.29 is 27.1 Å². The highest BCUT2D eigenvalue weighted by Gasteiger charge is 2.30. The Kier molecular flexibility index (Phi) is 5.08. The number of aryl methyl sites for hydroxylation is 1. The summed E-state index contributed by atoms with van der Waals surface area (Å²) in [6.45, 7) is 1.99. The van der Waals surface area contributed by atoms with Gasteiger partial charge in [-0.05, 0) is 30.7 Å². The lowest BCUT2D eigenvalue weighted by atomic mass is 10.1. The second-order valence-electron chi connectivity index (χ2n) is 4.96. The molecular weight excluding hydrogens is 311 g/mol. The van der Waals surface area contributed by atoms with Crippen LogP contribution in [0.3, 0.4) is 0 Å². The van der Waals surface area contributed by atoms with E-state index in [1.165, 1.54) is 19.2 Å². The average Bonchev–Trinajstić information content (AvgIpc) is 2.95. The molecule has 0 aliphatic rings. The third kappa shape index (κ3) is 3.91. The Labute approximate surface area is 131 Å². The van der Waals surface area contributed by atoms with Crippen molar-refractivity contribution in [3.8, 4) is 11.5 Å². The van der Waals surface area contributed by atoms with E-state index in [0.717, 1.165) is 25.0 Å². The van der Waals surface area contributed by atoms with E-state index in [2.05, 4.69) is 9.72 Å². The van der Waals surface area contributed by atoms with E-state index in [1.54, 1.807) is 0 Å². The zero-order chi connectivity index (χ0) is 17.0. The Balaban J connectivity index is 2.35. The van der Waals surface area contributed by atoms with Gasteiger partial charge in [-0.1, -0.05) is 13.3 Å². The molecule has 0 aliphatic heterocycles. The molecule has 23 heavy (non-hydrogen) atoms. The molecule has 0 saturated carbocycles. The molecule has 1 heterocycles. The van der Waals surface area contributed by atoms with Gasteiger partial charge in [0, 0.05) is 12.0 Å². The zero-order valence-corrected chi connectivity index (χ0v) is 12.7.